The number of benzene rings is 2. The SMILES string of the molecule is Cc1cc2cc(n1)-c1cnn(C)c1OCCC[C@@H](C)CN1/C(=N/C2=O)Nc2ccc(C(=O)/[N+](C)=C\C3CCCN(CCc4cc(F)c([C@H]5CCC(=O)NC5=O)c(F)c4)CC3)cc21. The molecule has 324 valence electrons. The Hall–Kier alpha value is -6.16. The Bertz CT molecular complexity index is 2480. The van der Waals surface area contributed by atoms with Crippen LogP contribution in [0.3, 0.4) is 0 Å². The molecule has 4 aliphatic rings. The smallest absolute Gasteiger partial charge is 0.418 e. The number of hydrogen-bond donors (Lipinski definition) is 2. The standard InChI is InChI=1S/C46H51F2N9O5/c1-27-7-6-18-62-45-34(24-49-55(45)4)38-22-32(19-28(2)50-38)42(59)53-46-51-37-11-9-31(23-39(37)57(46)25-27)44(61)54(3)26-29-8-5-15-56(16-13-29)17-14-30-20-35(47)41(36(48)21-30)33-10-12-40(58)52-43(33)60/h9,11,19-24,26-27,29,33H,5-8,10,12-18,25H2,1-4H3,(H-,51,52,53,58,59,60,61)/p+1/b54-26-/t27-,29?,33-/m1/s1. The van der Waals surface area contributed by atoms with Crippen LogP contribution in [0.5, 0.6) is 5.88 Å². The number of imide groups is 1. The minimum absolute atomic E-state index is 0.0422. The number of amides is 4. The Kier molecular flexibility index (Phi) is 12.4. The molecule has 16 heteroatoms. The quantitative estimate of drug-likeness (QED) is 0.134. The lowest BCUT2D eigenvalue weighted by Gasteiger charge is -2.23. The number of anilines is 2. The zero-order valence-electron chi connectivity index (χ0n) is 35.5. The Labute approximate surface area is 359 Å². The fourth-order valence-electron chi connectivity index (χ4n) is 8.95. The molecule has 62 heavy (non-hydrogen) atoms. The van der Waals surface area contributed by atoms with E-state index >= 15 is 8.78 Å². The van der Waals surface area contributed by atoms with Gasteiger partial charge in [-0.1, -0.05) is 6.92 Å². The maximum Gasteiger partial charge on any atom is 0.418 e. The molecular weight excluding hydrogens is 797 g/mol. The Balaban J connectivity index is 0.936. The third-order valence-electron chi connectivity index (χ3n) is 12.2. The number of nitrogens with zero attached hydrogens (tertiary/aromatic N) is 7. The van der Waals surface area contributed by atoms with Crippen LogP contribution in [0.15, 0.2) is 53.7 Å². The maximum atomic E-state index is 15.1. The molecule has 2 aromatic heterocycles. The zero-order valence-corrected chi connectivity index (χ0v) is 35.5. The summed E-state index contributed by atoms with van der Waals surface area (Å²) in [5.74, 6) is -2.93. The summed E-state index contributed by atoms with van der Waals surface area (Å²) in [6, 6.07) is 11.5. The molecule has 2 fully saturated rings. The van der Waals surface area contributed by atoms with Crippen molar-refractivity contribution in [2.24, 2.45) is 23.9 Å². The number of rotatable bonds is 6. The molecule has 4 aromatic rings. The first-order valence-corrected chi connectivity index (χ1v) is 21.4. The molecule has 2 saturated heterocycles. The molecule has 1 unspecified atom stereocenters. The molecule has 0 saturated carbocycles. The number of carbonyl (C=O) groups is 4. The van der Waals surface area contributed by atoms with Gasteiger partial charge in [-0.25, -0.2) is 18.3 Å². The number of likely N-dealkylation sites (tertiary alicyclic amines) is 1. The van der Waals surface area contributed by atoms with Gasteiger partial charge < -0.3 is 19.9 Å². The van der Waals surface area contributed by atoms with Crippen LogP contribution < -0.4 is 20.3 Å². The zero-order chi connectivity index (χ0) is 43.7. The average Bonchev–Trinajstić information content (AvgIpc) is 3.67. The van der Waals surface area contributed by atoms with E-state index in [1.165, 1.54) is 12.1 Å². The van der Waals surface area contributed by atoms with Gasteiger partial charge in [0, 0.05) is 49.3 Å². The van der Waals surface area contributed by atoms with Crippen LogP contribution in [0.4, 0.5) is 20.2 Å². The summed E-state index contributed by atoms with van der Waals surface area (Å²) in [4.78, 5) is 65.2. The summed E-state index contributed by atoms with van der Waals surface area (Å²) in [6.45, 7) is 7.21. The van der Waals surface area contributed by atoms with Crippen LogP contribution >= 0.6 is 0 Å². The van der Waals surface area contributed by atoms with Crippen molar-refractivity contribution in [3.63, 3.8) is 0 Å². The molecule has 8 rings (SSSR count). The second-order valence-electron chi connectivity index (χ2n) is 17.0. The number of hydrogen-bond acceptors (Lipinski definition) is 10. The van der Waals surface area contributed by atoms with E-state index in [0.29, 0.717) is 71.6 Å². The first-order chi connectivity index (χ1) is 29.8. The van der Waals surface area contributed by atoms with Crippen LogP contribution in [-0.2, 0) is 23.1 Å². The van der Waals surface area contributed by atoms with Gasteiger partial charge >= 0.3 is 5.91 Å². The van der Waals surface area contributed by atoms with Crippen molar-refractivity contribution in [1.29, 1.82) is 0 Å². The van der Waals surface area contributed by atoms with Gasteiger partial charge in [-0.2, -0.15) is 14.7 Å². The average molecular weight is 849 g/mol. The molecule has 3 atom stereocenters. The lowest BCUT2D eigenvalue weighted by Crippen LogP contribution is -2.40. The lowest BCUT2D eigenvalue weighted by atomic mass is 9.89. The van der Waals surface area contributed by atoms with E-state index in [1.54, 1.807) is 40.7 Å². The van der Waals surface area contributed by atoms with Gasteiger partial charge in [0.1, 0.15) is 18.7 Å². The summed E-state index contributed by atoms with van der Waals surface area (Å²) in [7, 11) is 3.59. The van der Waals surface area contributed by atoms with Crippen molar-refractivity contribution in [2.45, 2.75) is 71.1 Å². The highest BCUT2D eigenvalue weighted by Gasteiger charge is 2.34. The first kappa shape index (κ1) is 42.5. The predicted molar refractivity (Wildman–Crippen MR) is 230 cm³/mol. The largest absolute Gasteiger partial charge is 0.477 e. The normalized spacial score (nSPS) is 22.1. The molecule has 4 aliphatic heterocycles. The number of pyridine rings is 1. The summed E-state index contributed by atoms with van der Waals surface area (Å²) in [5.41, 5.74) is 4.57. The lowest BCUT2D eigenvalue weighted by molar-refractivity contribution is -0.391. The number of aromatic nitrogens is 3. The van der Waals surface area contributed by atoms with Crippen molar-refractivity contribution in [3.05, 3.63) is 88.2 Å². The number of halogens is 2. The van der Waals surface area contributed by atoms with Gasteiger partial charge in [0.2, 0.25) is 23.7 Å². The van der Waals surface area contributed by atoms with Crippen molar-refractivity contribution in [3.8, 4) is 17.1 Å². The predicted octanol–water partition coefficient (Wildman–Crippen LogP) is 6.02. The maximum absolute atomic E-state index is 15.1. The van der Waals surface area contributed by atoms with Gasteiger partial charge in [0.15, 0.2) is 6.21 Å². The van der Waals surface area contributed by atoms with E-state index in [0.717, 1.165) is 56.6 Å². The molecule has 4 amide bonds. The number of guanidine groups is 1. The first-order valence-electron chi connectivity index (χ1n) is 21.4. The summed E-state index contributed by atoms with van der Waals surface area (Å²) >= 11 is 0. The molecule has 0 spiro atoms. The molecular formula is C46H52F2N9O5+. The number of piperidine rings is 1. The Morgan fingerprint density at radius 2 is 1.81 bits per heavy atom. The number of nitrogens with one attached hydrogen (secondary N) is 2. The van der Waals surface area contributed by atoms with Gasteiger partial charge in [-0.3, -0.25) is 24.7 Å². The highest BCUT2D eigenvalue weighted by Crippen LogP contribution is 2.36. The number of aryl methyl sites for hydroxylation is 2. The second kappa shape index (κ2) is 18.1. The van der Waals surface area contributed by atoms with Gasteiger partial charge in [-0.05, 0) is 119 Å². The molecule has 2 N–H and O–H groups in total. The highest BCUT2D eigenvalue weighted by molar-refractivity contribution is 6.19. The van der Waals surface area contributed by atoms with E-state index in [2.05, 4.69) is 37.5 Å². The summed E-state index contributed by atoms with van der Waals surface area (Å²) < 4.78 is 39.8. The molecule has 2 aromatic carbocycles. The number of aliphatic imine (C=N–C) groups is 1. The highest BCUT2D eigenvalue weighted by atomic mass is 19.1. The Morgan fingerprint density at radius 1 is 1.00 bits per heavy atom. The molecule has 0 radical (unpaired) electrons. The van der Waals surface area contributed by atoms with Gasteiger partial charge in [0.25, 0.3) is 5.91 Å². The van der Waals surface area contributed by atoms with Crippen LogP contribution in [0.25, 0.3) is 11.3 Å². The van der Waals surface area contributed by atoms with E-state index in [1.807, 2.05) is 37.2 Å². The number of carbonyl (C=O) groups excluding carboxylic acids is 4. The fraction of sp³-hybridized carbons (Fsp3) is 0.435. The van der Waals surface area contributed by atoms with Crippen molar-refractivity contribution >= 4 is 47.2 Å². The fourth-order valence-corrected chi connectivity index (χ4v) is 8.95. The van der Waals surface area contributed by atoms with Crippen molar-refractivity contribution in [2.75, 3.05) is 50.1 Å². The van der Waals surface area contributed by atoms with E-state index < -0.39 is 35.3 Å². The van der Waals surface area contributed by atoms with Gasteiger partial charge in [0.05, 0.1) is 46.9 Å². The van der Waals surface area contributed by atoms with Crippen LogP contribution in [0.2, 0.25) is 0 Å². The van der Waals surface area contributed by atoms with Crippen LogP contribution in [-0.4, -0.2) is 99.9 Å². The van der Waals surface area contributed by atoms with E-state index in [-0.39, 0.29) is 36.1 Å². The number of fused-ring (bicyclic) bond motifs is 7. The summed E-state index contributed by atoms with van der Waals surface area (Å²) in [5, 5.41) is 9.90. The van der Waals surface area contributed by atoms with Crippen molar-refractivity contribution in [1.82, 2.24) is 25.0 Å². The minimum Gasteiger partial charge on any atom is -0.477 e. The topological polar surface area (TPSA) is 154 Å². The van der Waals surface area contributed by atoms with Crippen molar-refractivity contribution < 1.29 is 37.3 Å². The van der Waals surface area contributed by atoms with E-state index in [9.17, 15) is 19.2 Å². The van der Waals surface area contributed by atoms with Crippen LogP contribution in [0, 0.1) is 30.4 Å². The Morgan fingerprint density at radius 3 is 2.60 bits per heavy atom. The molecule has 6 heterocycles. The molecule has 14 nitrogen and oxygen atoms in total. The monoisotopic (exact) mass is 848 g/mol. The van der Waals surface area contributed by atoms with Gasteiger partial charge in [-0.15, -0.1) is 0 Å². The number of ether oxygens (including phenoxy) is 1. The van der Waals surface area contributed by atoms with E-state index in [4.69, 9.17) is 4.74 Å². The molecule has 2 bridgehead atoms. The third-order valence-corrected chi connectivity index (χ3v) is 12.2. The second-order valence-corrected chi connectivity index (χ2v) is 17.0. The van der Waals surface area contributed by atoms with Crippen LogP contribution in [0.1, 0.15) is 95.3 Å². The summed E-state index contributed by atoms with van der Waals surface area (Å²) in [6.07, 6.45) is 8.48. The minimum atomic E-state index is -1.03. The third kappa shape index (κ3) is 9.20. The molecule has 0 aliphatic carbocycles.